The molecule has 0 saturated heterocycles. The molecule has 0 saturated carbocycles. The third-order valence-electron chi connectivity index (χ3n) is 4.44. The molecule has 0 radical (unpaired) electrons. The number of aromatic hydroxyl groups is 1. The molecule has 4 N–H and O–H groups in total. The quantitative estimate of drug-likeness (QED) is 0.0990. The number of fused-ring (bicyclic) bond motifs is 1. The van der Waals surface area contributed by atoms with Gasteiger partial charge in [0.2, 0.25) is 11.2 Å². The summed E-state index contributed by atoms with van der Waals surface area (Å²) in [5.41, 5.74) is 0.957. The normalized spacial score (nSPS) is 11.5. The first-order chi connectivity index (χ1) is 15.7. The lowest BCUT2D eigenvalue weighted by atomic mass is 9.89. The van der Waals surface area contributed by atoms with Gasteiger partial charge in [-0.2, -0.15) is 0 Å². The fourth-order valence-electron chi connectivity index (χ4n) is 3.12. The van der Waals surface area contributed by atoms with Crippen LogP contribution in [0.25, 0.3) is 34.3 Å². The summed E-state index contributed by atoms with van der Waals surface area (Å²) in [5, 5.41) is 37.1. The molecule has 1 aromatic rings. The second-order valence-corrected chi connectivity index (χ2v) is 9.36. The number of hydrogen-bond acceptors (Lipinski definition) is 7. The van der Waals surface area contributed by atoms with Crippen molar-refractivity contribution in [3.05, 3.63) is 69.5 Å². The Hall–Kier alpha value is -1.92. The highest BCUT2D eigenvalue weighted by molar-refractivity contribution is 9.15. The van der Waals surface area contributed by atoms with Gasteiger partial charge in [0.05, 0.1) is 0 Å². The van der Waals surface area contributed by atoms with Crippen molar-refractivity contribution in [2.75, 3.05) is 7.11 Å². The minimum atomic E-state index is -0.688. The molecule has 0 fully saturated rings. The van der Waals surface area contributed by atoms with Gasteiger partial charge in [-0.15, -0.1) is 0 Å². The lowest BCUT2D eigenvalue weighted by molar-refractivity contribution is 0.112. The van der Waals surface area contributed by atoms with Crippen molar-refractivity contribution in [2.45, 2.75) is 6.92 Å². The highest BCUT2D eigenvalue weighted by Crippen LogP contribution is 2.51. The summed E-state index contributed by atoms with van der Waals surface area (Å²) in [6.45, 7) is 1.73. The van der Waals surface area contributed by atoms with Crippen LogP contribution in [-0.4, -0.2) is 33.8 Å². The number of carbonyl (C=O) groups excluding carboxylic acids is 1. The second kappa shape index (κ2) is 11.5. The van der Waals surface area contributed by atoms with Crippen molar-refractivity contribution < 1.29 is 29.6 Å². The fourth-order valence-corrected chi connectivity index (χ4v) is 5.56. The van der Waals surface area contributed by atoms with Crippen LogP contribution < -0.4 is 5.43 Å². The van der Waals surface area contributed by atoms with Crippen LogP contribution in [0.5, 0.6) is 5.75 Å². The van der Waals surface area contributed by atoms with E-state index in [1.807, 2.05) is 0 Å². The largest absolute Gasteiger partial charge is 0.512 e. The predicted octanol–water partition coefficient (Wildman–Crippen LogP) is 7.04. The number of aldehydes is 1. The van der Waals surface area contributed by atoms with E-state index in [1.165, 1.54) is 12.1 Å². The molecular formula is C22H16Br4O7. The molecule has 1 heterocycles. The molecule has 0 atom stereocenters. The van der Waals surface area contributed by atoms with Crippen LogP contribution in [0, 0.1) is 0 Å². The van der Waals surface area contributed by atoms with Gasteiger partial charge < -0.3 is 24.8 Å². The highest BCUT2D eigenvalue weighted by Gasteiger charge is 2.30. The third kappa shape index (κ3) is 4.83. The average molecular weight is 712 g/mol. The van der Waals surface area contributed by atoms with E-state index < -0.39 is 16.9 Å². The molecule has 2 aliphatic rings. The zero-order valence-electron chi connectivity index (χ0n) is 17.0. The number of phenolic OH excluding ortho intramolecular Hbond substituents is 1. The van der Waals surface area contributed by atoms with Gasteiger partial charge >= 0.3 is 0 Å². The Morgan fingerprint density at radius 1 is 0.970 bits per heavy atom. The van der Waals surface area contributed by atoms with Crippen LogP contribution in [0.15, 0.2) is 51.6 Å². The Morgan fingerprint density at radius 2 is 1.58 bits per heavy atom. The van der Waals surface area contributed by atoms with E-state index in [0.717, 1.165) is 7.11 Å². The SMILES string of the molecule is C/C=C\c1c(/C(O)=C/O)oc2c(O)c(=O)ccc-2c1-c1c(Br)c(Br)c(Br)c(Br)c1C=O.CO. The lowest BCUT2D eigenvalue weighted by Gasteiger charge is -2.22. The van der Waals surface area contributed by atoms with Crippen molar-refractivity contribution in [2.24, 2.45) is 0 Å². The molecule has 33 heavy (non-hydrogen) atoms. The van der Waals surface area contributed by atoms with Gasteiger partial charge in [0.1, 0.15) is 6.26 Å². The topological polar surface area (TPSA) is 128 Å². The van der Waals surface area contributed by atoms with E-state index in [9.17, 15) is 24.9 Å². The zero-order chi connectivity index (χ0) is 25.0. The Kier molecular flexibility index (Phi) is 9.50. The molecule has 0 spiro atoms. The lowest BCUT2D eigenvalue weighted by Crippen LogP contribution is -2.06. The van der Waals surface area contributed by atoms with Crippen LogP contribution in [0.4, 0.5) is 0 Å². The van der Waals surface area contributed by atoms with E-state index in [2.05, 4.69) is 63.7 Å². The number of benzene rings is 2. The molecule has 1 aliphatic heterocycles. The molecule has 1 aliphatic carbocycles. The van der Waals surface area contributed by atoms with Crippen LogP contribution in [0.1, 0.15) is 28.6 Å². The van der Waals surface area contributed by atoms with E-state index in [0.29, 0.717) is 52.7 Å². The first kappa shape index (κ1) is 27.3. The van der Waals surface area contributed by atoms with Crippen molar-refractivity contribution in [3.63, 3.8) is 0 Å². The number of phenols is 1. The number of aliphatic hydroxyl groups is 3. The summed E-state index contributed by atoms with van der Waals surface area (Å²) >= 11 is 13.8. The van der Waals surface area contributed by atoms with Crippen LogP contribution in [0.3, 0.4) is 0 Å². The standard InChI is InChI=1S/C21H12Br4O6.CH4O/c1-2-3-8-13(14-10(6-26)15(22)17(24)18(25)16(14)23)9-4-5-11(28)19(30)21(9)31-20(8)12(29)7-27;1-2/h2-7,27,29-30H,1H3;2H,1H3/b3-2-,12-7-;. The maximum absolute atomic E-state index is 12.1. The summed E-state index contributed by atoms with van der Waals surface area (Å²) in [5.74, 6) is -1.72. The van der Waals surface area contributed by atoms with Crippen molar-refractivity contribution >= 4 is 81.8 Å². The molecule has 174 valence electrons. The maximum atomic E-state index is 12.1. The van der Waals surface area contributed by atoms with Crippen LogP contribution >= 0.6 is 63.7 Å². The van der Waals surface area contributed by atoms with E-state index in [1.54, 1.807) is 19.1 Å². The smallest absolute Gasteiger partial charge is 0.224 e. The third-order valence-corrected chi connectivity index (χ3v) is 9.24. The van der Waals surface area contributed by atoms with Crippen LogP contribution in [0.2, 0.25) is 0 Å². The van der Waals surface area contributed by atoms with Crippen molar-refractivity contribution in [1.82, 2.24) is 0 Å². The van der Waals surface area contributed by atoms with Gasteiger partial charge in [-0.3, -0.25) is 9.59 Å². The Labute approximate surface area is 221 Å². The first-order valence-corrected chi connectivity index (χ1v) is 12.1. The highest BCUT2D eigenvalue weighted by atomic mass is 79.9. The number of hydrogen-bond donors (Lipinski definition) is 4. The van der Waals surface area contributed by atoms with Gasteiger partial charge in [-0.05, 0) is 82.8 Å². The Morgan fingerprint density at radius 3 is 2.12 bits per heavy atom. The zero-order valence-corrected chi connectivity index (χ0v) is 23.3. The summed E-state index contributed by atoms with van der Waals surface area (Å²) < 4.78 is 7.79. The monoisotopic (exact) mass is 708 g/mol. The maximum Gasteiger partial charge on any atom is 0.224 e. The molecule has 3 rings (SSSR count). The summed E-state index contributed by atoms with van der Waals surface area (Å²) in [6.07, 6.45) is 4.37. The number of allylic oxidation sites excluding steroid dienone is 1. The molecule has 1 aromatic carbocycles. The molecular weight excluding hydrogens is 696 g/mol. The minimum absolute atomic E-state index is 0.206. The van der Waals surface area contributed by atoms with Crippen molar-refractivity contribution in [1.29, 1.82) is 0 Å². The van der Waals surface area contributed by atoms with Gasteiger partial charge in [-0.1, -0.05) is 12.2 Å². The van der Waals surface area contributed by atoms with E-state index in [4.69, 9.17) is 9.52 Å². The molecule has 0 unspecified atom stereocenters. The van der Waals surface area contributed by atoms with Crippen molar-refractivity contribution in [3.8, 4) is 28.2 Å². The van der Waals surface area contributed by atoms with E-state index in [-0.39, 0.29) is 17.1 Å². The number of halogens is 4. The molecule has 0 amide bonds. The number of carbonyl (C=O) groups is 1. The first-order valence-electron chi connectivity index (χ1n) is 8.94. The summed E-state index contributed by atoms with van der Waals surface area (Å²) in [6, 6.07) is 2.63. The fraction of sp³-hybridized carbons (Fsp3) is 0.0909. The average Bonchev–Trinajstić information content (AvgIpc) is 2.83. The number of rotatable bonds is 4. The predicted molar refractivity (Wildman–Crippen MR) is 141 cm³/mol. The van der Waals surface area contributed by atoms with Crippen LogP contribution in [-0.2, 0) is 0 Å². The molecule has 7 nitrogen and oxygen atoms in total. The second-order valence-electron chi connectivity index (χ2n) is 6.19. The van der Waals surface area contributed by atoms with Gasteiger partial charge in [-0.25, -0.2) is 0 Å². The van der Waals surface area contributed by atoms with Gasteiger partial charge in [0, 0.05) is 52.8 Å². The molecule has 0 aromatic heterocycles. The molecule has 11 heteroatoms. The van der Waals surface area contributed by atoms with E-state index >= 15 is 0 Å². The minimum Gasteiger partial charge on any atom is -0.512 e. The summed E-state index contributed by atoms with van der Waals surface area (Å²) in [7, 11) is 1.00. The molecule has 0 bridgehead atoms. The summed E-state index contributed by atoms with van der Waals surface area (Å²) in [4.78, 5) is 24.2. The van der Waals surface area contributed by atoms with Gasteiger partial charge in [0.25, 0.3) is 0 Å². The Balaban J connectivity index is 0.00000187. The number of aliphatic hydroxyl groups excluding tert-OH is 3. The Bertz CT molecular complexity index is 1310. The van der Waals surface area contributed by atoms with Gasteiger partial charge in [0.15, 0.2) is 23.6 Å².